The van der Waals surface area contributed by atoms with Crippen molar-refractivity contribution in [1.82, 2.24) is 4.90 Å². The number of benzene rings is 2. The topological polar surface area (TPSA) is 72.7 Å². The van der Waals surface area contributed by atoms with Crippen LogP contribution < -0.4 is 4.74 Å². The second-order valence-corrected chi connectivity index (χ2v) is 7.07. The summed E-state index contributed by atoms with van der Waals surface area (Å²) in [5.41, 5.74) is 1.49. The fourth-order valence-electron chi connectivity index (χ4n) is 2.89. The van der Waals surface area contributed by atoms with E-state index in [9.17, 15) is 14.9 Å². The summed E-state index contributed by atoms with van der Waals surface area (Å²) in [7, 11) is 0. The Kier molecular flexibility index (Phi) is 5.90. The zero-order valence-corrected chi connectivity index (χ0v) is 15.1. The highest BCUT2D eigenvalue weighted by Gasteiger charge is 2.21. The third-order valence-corrected chi connectivity index (χ3v) is 4.74. The molecule has 1 fully saturated rings. The van der Waals surface area contributed by atoms with Crippen molar-refractivity contribution in [3.8, 4) is 5.75 Å². The lowest BCUT2D eigenvalue weighted by atomic mass is 10.1. The molecule has 1 atom stereocenters. The van der Waals surface area contributed by atoms with E-state index in [0.29, 0.717) is 23.1 Å². The monoisotopic (exact) mass is 372 g/mol. The molecule has 2 aromatic rings. The molecule has 136 valence electrons. The van der Waals surface area contributed by atoms with Gasteiger partial charge in [-0.25, -0.2) is 0 Å². The number of Topliss-reactive ketones (excluding diaryl/α,β-unsaturated/α-hetero) is 1. The van der Waals surface area contributed by atoms with Gasteiger partial charge < -0.3 is 4.74 Å². The minimum atomic E-state index is -0.434. The number of hydrogen-bond donors (Lipinski definition) is 1. The number of likely N-dealkylation sites (tertiary alicyclic amines) is 1. The van der Waals surface area contributed by atoms with E-state index in [1.807, 2.05) is 0 Å². The van der Waals surface area contributed by atoms with Crippen LogP contribution in [0, 0.1) is 10.1 Å². The van der Waals surface area contributed by atoms with Crippen molar-refractivity contribution in [3.63, 3.8) is 0 Å². The summed E-state index contributed by atoms with van der Waals surface area (Å²) in [6.45, 7) is 2.41. The molecule has 1 heterocycles. The van der Waals surface area contributed by atoms with Crippen LogP contribution in [0.15, 0.2) is 48.5 Å². The Bertz CT molecular complexity index is 794. The third-order valence-electron chi connectivity index (χ3n) is 4.32. The number of hydrogen-bond acceptors (Lipinski definition) is 6. The van der Waals surface area contributed by atoms with Crippen molar-refractivity contribution in [1.29, 1.82) is 0 Å². The normalized spacial score (nSPS) is 17.2. The minimum Gasteiger partial charge on any atom is -0.489 e. The molecule has 26 heavy (non-hydrogen) atoms. The van der Waals surface area contributed by atoms with Gasteiger partial charge in [0.05, 0.1) is 11.5 Å². The van der Waals surface area contributed by atoms with Crippen LogP contribution in [0.3, 0.4) is 0 Å². The van der Waals surface area contributed by atoms with Gasteiger partial charge in [-0.15, -0.1) is 0 Å². The molecule has 1 saturated heterocycles. The average Bonchev–Trinajstić information content (AvgIpc) is 3.05. The number of carbonyl (C=O) groups excluding carboxylic acids is 1. The van der Waals surface area contributed by atoms with E-state index in [4.69, 9.17) is 4.74 Å². The van der Waals surface area contributed by atoms with Crippen LogP contribution in [0.2, 0.25) is 0 Å². The molecule has 2 aromatic carbocycles. The summed E-state index contributed by atoms with van der Waals surface area (Å²) >= 11 is 4.45. The van der Waals surface area contributed by atoms with Gasteiger partial charge in [0, 0.05) is 29.5 Å². The summed E-state index contributed by atoms with van der Waals surface area (Å²) in [4.78, 5) is 24.8. The molecule has 0 radical (unpaired) electrons. The Balaban J connectivity index is 1.58. The maximum atomic E-state index is 12.4. The number of nitro benzene ring substituents is 1. The van der Waals surface area contributed by atoms with E-state index >= 15 is 0 Å². The Hall–Kier alpha value is -2.38. The number of rotatable bonds is 7. The second-order valence-electron chi connectivity index (χ2n) is 6.34. The summed E-state index contributed by atoms with van der Waals surface area (Å²) < 4.78 is 5.72. The second kappa shape index (κ2) is 8.33. The predicted octanol–water partition coefficient (Wildman–Crippen LogP) is 3.36. The van der Waals surface area contributed by atoms with Gasteiger partial charge in [-0.3, -0.25) is 19.8 Å². The lowest BCUT2D eigenvalue weighted by Crippen LogP contribution is -2.28. The molecule has 0 bridgehead atoms. The van der Waals surface area contributed by atoms with E-state index in [2.05, 4.69) is 17.5 Å². The number of ketones is 1. The summed E-state index contributed by atoms with van der Waals surface area (Å²) in [6, 6.07) is 13.3. The zero-order valence-electron chi connectivity index (χ0n) is 14.2. The van der Waals surface area contributed by atoms with Crippen molar-refractivity contribution in [3.05, 3.63) is 69.8 Å². The van der Waals surface area contributed by atoms with Gasteiger partial charge in [-0.05, 0) is 42.8 Å². The van der Waals surface area contributed by atoms with E-state index in [1.165, 1.54) is 12.1 Å². The molecule has 3 rings (SSSR count). The number of thiol groups is 1. The van der Waals surface area contributed by atoms with Crippen molar-refractivity contribution < 1.29 is 14.5 Å². The first kappa shape index (κ1) is 18.4. The fraction of sp³-hybridized carbons (Fsp3) is 0.316. The molecular formula is C19H20N2O4S. The van der Waals surface area contributed by atoms with Gasteiger partial charge in [0.15, 0.2) is 5.78 Å². The smallest absolute Gasteiger partial charge is 0.269 e. The number of non-ortho nitro benzene ring substituents is 1. The van der Waals surface area contributed by atoms with Crippen LogP contribution in [0.25, 0.3) is 0 Å². The summed E-state index contributed by atoms with van der Waals surface area (Å²) in [6.07, 6.45) is 1.01. The van der Waals surface area contributed by atoms with Crippen LogP contribution in [0.4, 0.5) is 5.69 Å². The Labute approximate surface area is 157 Å². The first-order valence-corrected chi connectivity index (χ1v) is 8.93. The summed E-state index contributed by atoms with van der Waals surface area (Å²) in [5.74, 6) is 0.663. The van der Waals surface area contributed by atoms with Gasteiger partial charge in [0.1, 0.15) is 12.4 Å². The first-order chi connectivity index (χ1) is 12.5. The fourth-order valence-corrected chi connectivity index (χ4v) is 3.24. The molecule has 0 aromatic heterocycles. The van der Waals surface area contributed by atoms with E-state index in [1.54, 1.807) is 36.4 Å². The molecular weight excluding hydrogens is 352 g/mol. The molecule has 1 aliphatic rings. The highest BCUT2D eigenvalue weighted by molar-refractivity contribution is 7.81. The lowest BCUT2D eigenvalue weighted by Gasteiger charge is -2.14. The zero-order chi connectivity index (χ0) is 18.5. The molecule has 0 aliphatic carbocycles. The Morgan fingerprint density at radius 2 is 2.04 bits per heavy atom. The number of nitrogens with zero attached hydrogens (tertiary/aromatic N) is 2. The van der Waals surface area contributed by atoms with E-state index in [-0.39, 0.29) is 18.1 Å². The van der Waals surface area contributed by atoms with Crippen molar-refractivity contribution in [2.45, 2.75) is 18.3 Å². The number of ether oxygens (including phenoxy) is 1. The number of carbonyl (C=O) groups is 1. The molecule has 0 amide bonds. The highest BCUT2D eigenvalue weighted by Crippen LogP contribution is 2.19. The van der Waals surface area contributed by atoms with E-state index < -0.39 is 4.92 Å². The predicted molar refractivity (Wildman–Crippen MR) is 102 cm³/mol. The first-order valence-electron chi connectivity index (χ1n) is 8.41. The minimum absolute atomic E-state index is 0.0479. The van der Waals surface area contributed by atoms with Crippen LogP contribution in [0.5, 0.6) is 5.75 Å². The molecule has 0 saturated carbocycles. The Morgan fingerprint density at radius 3 is 2.69 bits per heavy atom. The average molecular weight is 372 g/mol. The molecule has 0 spiro atoms. The van der Waals surface area contributed by atoms with Crippen LogP contribution in [0.1, 0.15) is 22.3 Å². The van der Waals surface area contributed by atoms with Gasteiger partial charge in [0.2, 0.25) is 0 Å². The van der Waals surface area contributed by atoms with E-state index in [0.717, 1.165) is 25.1 Å². The van der Waals surface area contributed by atoms with Gasteiger partial charge in [0.25, 0.3) is 5.69 Å². The maximum Gasteiger partial charge on any atom is 0.269 e. The third kappa shape index (κ3) is 4.83. The quantitative estimate of drug-likeness (QED) is 0.349. The van der Waals surface area contributed by atoms with Crippen molar-refractivity contribution in [2.24, 2.45) is 0 Å². The summed E-state index contributed by atoms with van der Waals surface area (Å²) in [5, 5.41) is 11.0. The van der Waals surface area contributed by atoms with Gasteiger partial charge in [-0.2, -0.15) is 12.6 Å². The van der Waals surface area contributed by atoms with Gasteiger partial charge in [-0.1, -0.05) is 12.1 Å². The molecule has 1 unspecified atom stereocenters. The van der Waals surface area contributed by atoms with Crippen LogP contribution in [-0.4, -0.2) is 40.5 Å². The van der Waals surface area contributed by atoms with Crippen LogP contribution >= 0.6 is 12.6 Å². The van der Waals surface area contributed by atoms with Gasteiger partial charge >= 0.3 is 0 Å². The SMILES string of the molecule is O=C(CN1CCC(S)C1)c1cccc(OCc2ccc([N+](=O)[O-])cc2)c1. The number of nitro groups is 1. The molecule has 6 nitrogen and oxygen atoms in total. The maximum absolute atomic E-state index is 12.4. The lowest BCUT2D eigenvalue weighted by molar-refractivity contribution is -0.384. The van der Waals surface area contributed by atoms with Crippen molar-refractivity contribution in [2.75, 3.05) is 19.6 Å². The molecule has 1 aliphatic heterocycles. The molecule has 0 N–H and O–H groups in total. The Morgan fingerprint density at radius 1 is 1.27 bits per heavy atom. The largest absolute Gasteiger partial charge is 0.489 e. The van der Waals surface area contributed by atoms with Crippen molar-refractivity contribution >= 4 is 24.1 Å². The standard InChI is InChI=1S/C19H20N2O4S/c22-19(12-20-9-8-18(26)11-20)15-2-1-3-17(10-15)25-13-14-4-6-16(7-5-14)21(23)24/h1-7,10,18,26H,8-9,11-13H2. The van der Waals surface area contributed by atoms with Crippen LogP contribution in [-0.2, 0) is 6.61 Å². The molecule has 7 heteroatoms. The highest BCUT2D eigenvalue weighted by atomic mass is 32.1.